The number of nitrogens with zero attached hydrogens (tertiary/aromatic N) is 2. The first kappa shape index (κ1) is 14.4. The van der Waals surface area contributed by atoms with Crippen molar-refractivity contribution in [2.24, 2.45) is 0 Å². The van der Waals surface area contributed by atoms with Gasteiger partial charge in [0.05, 0.1) is 5.56 Å². The van der Waals surface area contributed by atoms with E-state index in [0.29, 0.717) is 21.4 Å². The van der Waals surface area contributed by atoms with Crippen molar-refractivity contribution in [3.8, 4) is 11.4 Å². The number of rotatable bonds is 3. The third-order valence-corrected chi connectivity index (χ3v) is 3.64. The van der Waals surface area contributed by atoms with Gasteiger partial charge in [-0.1, -0.05) is 12.1 Å². The minimum Gasteiger partial charge on any atom is -0.289 e. The van der Waals surface area contributed by atoms with Crippen LogP contribution in [0.1, 0.15) is 10.4 Å². The largest absolute Gasteiger partial charge is 0.289 e. The minimum absolute atomic E-state index is 0.153. The number of halogens is 2. The van der Waals surface area contributed by atoms with Crippen molar-refractivity contribution in [3.05, 3.63) is 64.4 Å². The molecule has 0 bridgehead atoms. The van der Waals surface area contributed by atoms with E-state index in [-0.39, 0.29) is 17.7 Å². The van der Waals surface area contributed by atoms with Gasteiger partial charge in [-0.05, 0) is 52.3 Å². The van der Waals surface area contributed by atoms with Crippen LogP contribution in [0.2, 0.25) is 0 Å². The maximum Gasteiger partial charge on any atom is 0.259 e. The van der Waals surface area contributed by atoms with Gasteiger partial charge in [-0.3, -0.25) is 15.2 Å². The zero-order valence-corrected chi connectivity index (χ0v) is 12.8. The molecule has 0 saturated heterocycles. The van der Waals surface area contributed by atoms with Crippen LogP contribution >= 0.6 is 15.9 Å². The van der Waals surface area contributed by atoms with E-state index in [9.17, 15) is 9.18 Å². The summed E-state index contributed by atoms with van der Waals surface area (Å²) in [6.45, 7) is 0. The molecule has 0 fully saturated rings. The van der Waals surface area contributed by atoms with Crippen LogP contribution in [0.3, 0.4) is 0 Å². The van der Waals surface area contributed by atoms with Crippen LogP contribution in [-0.4, -0.2) is 21.1 Å². The molecule has 2 aromatic carbocycles. The van der Waals surface area contributed by atoms with Crippen molar-refractivity contribution in [2.75, 3.05) is 5.32 Å². The number of H-pyrrole nitrogens is 1. The summed E-state index contributed by atoms with van der Waals surface area (Å²) in [5.74, 6) is -0.0506. The van der Waals surface area contributed by atoms with Crippen LogP contribution in [0, 0.1) is 5.82 Å². The molecule has 0 spiro atoms. The fourth-order valence-electron chi connectivity index (χ4n) is 1.87. The van der Waals surface area contributed by atoms with Gasteiger partial charge in [0.2, 0.25) is 5.95 Å². The van der Waals surface area contributed by atoms with Gasteiger partial charge < -0.3 is 0 Å². The first-order valence-electron chi connectivity index (χ1n) is 6.38. The number of carbonyl (C=O) groups is 1. The SMILES string of the molecule is O=C(Nc1n[nH]c(-c2ccc(F)cc2)n1)c1ccccc1Br. The van der Waals surface area contributed by atoms with Gasteiger partial charge in [0.1, 0.15) is 5.82 Å². The molecule has 0 saturated carbocycles. The summed E-state index contributed by atoms with van der Waals surface area (Å²) in [5.41, 5.74) is 1.16. The average Bonchev–Trinajstić information content (AvgIpc) is 2.97. The van der Waals surface area contributed by atoms with E-state index in [2.05, 4.69) is 36.4 Å². The van der Waals surface area contributed by atoms with Crippen LogP contribution in [0.5, 0.6) is 0 Å². The first-order chi connectivity index (χ1) is 10.6. The van der Waals surface area contributed by atoms with Crippen molar-refractivity contribution in [1.29, 1.82) is 0 Å². The molecule has 0 atom stereocenters. The molecule has 0 unspecified atom stereocenters. The first-order valence-corrected chi connectivity index (χ1v) is 7.17. The summed E-state index contributed by atoms with van der Waals surface area (Å²) in [5, 5.41) is 9.24. The smallest absolute Gasteiger partial charge is 0.259 e. The second kappa shape index (κ2) is 6.07. The zero-order valence-electron chi connectivity index (χ0n) is 11.2. The third-order valence-electron chi connectivity index (χ3n) is 2.95. The Kier molecular flexibility index (Phi) is 3.97. The van der Waals surface area contributed by atoms with Gasteiger partial charge in [0, 0.05) is 10.0 Å². The topological polar surface area (TPSA) is 70.7 Å². The molecule has 5 nitrogen and oxygen atoms in total. The Morgan fingerprint density at radius 3 is 2.59 bits per heavy atom. The van der Waals surface area contributed by atoms with Crippen molar-refractivity contribution < 1.29 is 9.18 Å². The van der Waals surface area contributed by atoms with E-state index < -0.39 is 0 Å². The zero-order chi connectivity index (χ0) is 15.5. The van der Waals surface area contributed by atoms with Crippen molar-refractivity contribution in [3.63, 3.8) is 0 Å². The highest BCUT2D eigenvalue weighted by atomic mass is 79.9. The molecular weight excluding hydrogens is 351 g/mol. The van der Waals surface area contributed by atoms with Crippen LogP contribution in [0.4, 0.5) is 10.3 Å². The fourth-order valence-corrected chi connectivity index (χ4v) is 2.33. The van der Waals surface area contributed by atoms with Crippen LogP contribution < -0.4 is 5.32 Å². The number of hydrogen-bond acceptors (Lipinski definition) is 3. The molecule has 0 aliphatic carbocycles. The predicted octanol–water partition coefficient (Wildman–Crippen LogP) is 3.63. The van der Waals surface area contributed by atoms with Gasteiger partial charge in [0.25, 0.3) is 5.91 Å². The fraction of sp³-hybridized carbons (Fsp3) is 0. The lowest BCUT2D eigenvalue weighted by molar-refractivity contribution is 0.102. The highest BCUT2D eigenvalue weighted by Crippen LogP contribution is 2.19. The Morgan fingerprint density at radius 1 is 1.14 bits per heavy atom. The normalized spacial score (nSPS) is 10.5. The van der Waals surface area contributed by atoms with E-state index >= 15 is 0 Å². The van der Waals surface area contributed by atoms with Crippen LogP contribution in [0.15, 0.2) is 53.0 Å². The number of amides is 1. The maximum absolute atomic E-state index is 12.9. The van der Waals surface area contributed by atoms with E-state index in [1.807, 2.05) is 6.07 Å². The van der Waals surface area contributed by atoms with Crippen molar-refractivity contribution >= 4 is 27.8 Å². The van der Waals surface area contributed by atoms with Crippen molar-refractivity contribution in [1.82, 2.24) is 15.2 Å². The Labute approximate surface area is 133 Å². The Morgan fingerprint density at radius 2 is 1.86 bits per heavy atom. The number of anilines is 1. The quantitative estimate of drug-likeness (QED) is 0.749. The number of benzene rings is 2. The van der Waals surface area contributed by atoms with Crippen LogP contribution in [0.25, 0.3) is 11.4 Å². The average molecular weight is 361 g/mol. The standard InChI is InChI=1S/C15H10BrFN4O/c16-12-4-2-1-3-11(12)14(22)19-15-18-13(20-21-15)9-5-7-10(17)8-6-9/h1-8H,(H2,18,19,20,21,22). The number of aromatic amines is 1. The molecule has 1 amide bonds. The van der Waals surface area contributed by atoms with E-state index in [1.165, 1.54) is 12.1 Å². The molecule has 0 radical (unpaired) electrons. The molecule has 0 aliphatic rings. The molecule has 7 heteroatoms. The number of aromatic nitrogens is 3. The van der Waals surface area contributed by atoms with E-state index in [0.717, 1.165) is 0 Å². The summed E-state index contributed by atoms with van der Waals surface area (Å²) in [7, 11) is 0. The highest BCUT2D eigenvalue weighted by molar-refractivity contribution is 9.10. The van der Waals surface area contributed by atoms with Gasteiger partial charge >= 0.3 is 0 Å². The lowest BCUT2D eigenvalue weighted by Crippen LogP contribution is -2.13. The minimum atomic E-state index is -0.328. The summed E-state index contributed by atoms with van der Waals surface area (Å²) in [6, 6.07) is 12.9. The molecule has 110 valence electrons. The number of nitrogens with one attached hydrogen (secondary N) is 2. The molecule has 1 aromatic heterocycles. The Bertz CT molecular complexity index is 816. The van der Waals surface area contributed by atoms with Gasteiger partial charge in [0.15, 0.2) is 5.82 Å². The van der Waals surface area contributed by atoms with Gasteiger partial charge in [-0.15, -0.1) is 5.10 Å². The number of carbonyl (C=O) groups excluding carboxylic acids is 1. The molecule has 0 aliphatic heterocycles. The summed E-state index contributed by atoms with van der Waals surface area (Å²) in [4.78, 5) is 16.3. The maximum atomic E-state index is 12.9. The van der Waals surface area contributed by atoms with Crippen molar-refractivity contribution in [2.45, 2.75) is 0 Å². The predicted molar refractivity (Wildman–Crippen MR) is 83.9 cm³/mol. The van der Waals surface area contributed by atoms with Crippen LogP contribution in [-0.2, 0) is 0 Å². The van der Waals surface area contributed by atoms with Gasteiger partial charge in [-0.2, -0.15) is 4.98 Å². The molecule has 3 aromatic rings. The molecular formula is C15H10BrFN4O. The molecule has 22 heavy (non-hydrogen) atoms. The molecule has 1 heterocycles. The van der Waals surface area contributed by atoms with Gasteiger partial charge in [-0.25, -0.2) is 4.39 Å². The lowest BCUT2D eigenvalue weighted by atomic mass is 10.2. The summed E-state index contributed by atoms with van der Waals surface area (Å²) >= 11 is 3.31. The summed E-state index contributed by atoms with van der Waals surface area (Å²) < 4.78 is 13.6. The summed E-state index contributed by atoms with van der Waals surface area (Å²) in [6.07, 6.45) is 0. The van der Waals surface area contributed by atoms with E-state index in [4.69, 9.17) is 0 Å². The highest BCUT2D eigenvalue weighted by Gasteiger charge is 2.12. The number of hydrogen-bond donors (Lipinski definition) is 2. The van der Waals surface area contributed by atoms with E-state index in [1.54, 1.807) is 30.3 Å². The Hall–Kier alpha value is -2.54. The second-order valence-electron chi connectivity index (χ2n) is 4.45. The lowest BCUT2D eigenvalue weighted by Gasteiger charge is -2.02. The second-order valence-corrected chi connectivity index (χ2v) is 5.30. The monoisotopic (exact) mass is 360 g/mol. The third kappa shape index (κ3) is 3.04. The molecule has 2 N–H and O–H groups in total. The Balaban J connectivity index is 1.78. The molecule has 3 rings (SSSR count).